The van der Waals surface area contributed by atoms with Crippen LogP contribution in [0.2, 0.25) is 0 Å². The fourth-order valence-corrected chi connectivity index (χ4v) is 1.71. The number of hydrogen-bond acceptors (Lipinski definition) is 4. The van der Waals surface area contributed by atoms with Crippen LogP contribution < -0.4 is 5.73 Å². The second kappa shape index (κ2) is 6.40. The summed E-state index contributed by atoms with van der Waals surface area (Å²) in [5, 5.41) is 0. The Bertz CT molecular complexity index is 405. The SMILES string of the molecule is CC(C)OC(=O)CN(C)C(C)c1cccc(N)c1. The van der Waals surface area contributed by atoms with Crippen molar-refractivity contribution in [3.05, 3.63) is 29.8 Å². The molecule has 0 radical (unpaired) electrons. The Morgan fingerprint density at radius 1 is 1.39 bits per heavy atom. The van der Waals surface area contributed by atoms with Crippen LogP contribution in [0.4, 0.5) is 5.69 Å². The van der Waals surface area contributed by atoms with E-state index in [-0.39, 0.29) is 24.7 Å². The molecule has 4 heteroatoms. The Labute approximate surface area is 109 Å². The molecule has 0 aliphatic carbocycles. The number of esters is 1. The highest BCUT2D eigenvalue weighted by molar-refractivity contribution is 5.71. The van der Waals surface area contributed by atoms with Gasteiger partial charge in [0.2, 0.25) is 0 Å². The molecular weight excluding hydrogens is 228 g/mol. The number of nitrogens with zero attached hydrogens (tertiary/aromatic N) is 1. The van der Waals surface area contributed by atoms with Crippen molar-refractivity contribution in [1.29, 1.82) is 0 Å². The van der Waals surface area contributed by atoms with Crippen molar-refractivity contribution in [2.24, 2.45) is 0 Å². The molecule has 0 saturated carbocycles. The van der Waals surface area contributed by atoms with Crippen molar-refractivity contribution in [2.75, 3.05) is 19.3 Å². The van der Waals surface area contributed by atoms with E-state index in [9.17, 15) is 4.79 Å². The monoisotopic (exact) mass is 250 g/mol. The number of ether oxygens (including phenoxy) is 1. The molecule has 100 valence electrons. The molecule has 1 unspecified atom stereocenters. The molecule has 1 atom stereocenters. The van der Waals surface area contributed by atoms with Gasteiger partial charge in [-0.3, -0.25) is 9.69 Å². The summed E-state index contributed by atoms with van der Waals surface area (Å²) in [4.78, 5) is 13.5. The van der Waals surface area contributed by atoms with E-state index in [1.807, 2.05) is 57.0 Å². The van der Waals surface area contributed by atoms with Gasteiger partial charge in [-0.25, -0.2) is 0 Å². The zero-order valence-corrected chi connectivity index (χ0v) is 11.5. The second-order valence-electron chi connectivity index (χ2n) is 4.80. The first kappa shape index (κ1) is 14.5. The van der Waals surface area contributed by atoms with Crippen LogP contribution in [0, 0.1) is 0 Å². The maximum atomic E-state index is 11.6. The van der Waals surface area contributed by atoms with Crippen LogP contribution in [0.5, 0.6) is 0 Å². The Morgan fingerprint density at radius 3 is 2.61 bits per heavy atom. The van der Waals surface area contributed by atoms with E-state index in [1.165, 1.54) is 0 Å². The van der Waals surface area contributed by atoms with E-state index in [0.717, 1.165) is 11.3 Å². The van der Waals surface area contributed by atoms with Gasteiger partial charge in [-0.05, 0) is 45.5 Å². The van der Waals surface area contributed by atoms with Crippen LogP contribution in [-0.4, -0.2) is 30.6 Å². The summed E-state index contributed by atoms with van der Waals surface area (Å²) in [6.07, 6.45) is -0.0754. The maximum absolute atomic E-state index is 11.6. The summed E-state index contributed by atoms with van der Waals surface area (Å²) in [6, 6.07) is 7.82. The third-order valence-corrected chi connectivity index (χ3v) is 2.80. The highest BCUT2D eigenvalue weighted by atomic mass is 16.5. The molecule has 2 N–H and O–H groups in total. The molecule has 1 aromatic carbocycles. The molecule has 1 rings (SSSR count). The van der Waals surface area contributed by atoms with Crippen LogP contribution >= 0.6 is 0 Å². The third kappa shape index (κ3) is 4.37. The molecule has 0 amide bonds. The Morgan fingerprint density at radius 2 is 2.06 bits per heavy atom. The van der Waals surface area contributed by atoms with Gasteiger partial charge in [-0.2, -0.15) is 0 Å². The largest absolute Gasteiger partial charge is 0.462 e. The standard InChI is InChI=1S/C14H22N2O2/c1-10(2)18-14(17)9-16(4)11(3)12-6-5-7-13(15)8-12/h5-8,10-11H,9,15H2,1-4H3. The van der Waals surface area contributed by atoms with Crippen molar-refractivity contribution < 1.29 is 9.53 Å². The van der Waals surface area contributed by atoms with Crippen molar-refractivity contribution in [3.63, 3.8) is 0 Å². The average molecular weight is 250 g/mol. The minimum atomic E-state index is -0.205. The molecule has 0 bridgehead atoms. The van der Waals surface area contributed by atoms with Gasteiger partial charge < -0.3 is 10.5 Å². The van der Waals surface area contributed by atoms with Gasteiger partial charge in [0.15, 0.2) is 0 Å². The number of anilines is 1. The first-order valence-electron chi connectivity index (χ1n) is 6.15. The van der Waals surface area contributed by atoms with E-state index in [0.29, 0.717) is 0 Å². The molecule has 0 spiro atoms. The van der Waals surface area contributed by atoms with Gasteiger partial charge in [0.05, 0.1) is 12.6 Å². The topological polar surface area (TPSA) is 55.6 Å². The van der Waals surface area contributed by atoms with Gasteiger partial charge in [0.25, 0.3) is 0 Å². The number of hydrogen-bond donors (Lipinski definition) is 1. The van der Waals surface area contributed by atoms with E-state index >= 15 is 0 Å². The minimum Gasteiger partial charge on any atom is -0.462 e. The van der Waals surface area contributed by atoms with E-state index in [1.54, 1.807) is 0 Å². The first-order valence-corrected chi connectivity index (χ1v) is 6.15. The molecule has 0 aliphatic rings. The molecule has 0 aromatic heterocycles. The van der Waals surface area contributed by atoms with Crippen LogP contribution in [0.1, 0.15) is 32.4 Å². The van der Waals surface area contributed by atoms with Gasteiger partial charge in [0, 0.05) is 11.7 Å². The van der Waals surface area contributed by atoms with Crippen LogP contribution in [0.25, 0.3) is 0 Å². The Balaban J connectivity index is 2.61. The molecule has 0 heterocycles. The highest BCUT2D eigenvalue weighted by Crippen LogP contribution is 2.20. The lowest BCUT2D eigenvalue weighted by atomic mass is 10.1. The summed E-state index contributed by atoms with van der Waals surface area (Å²) < 4.78 is 5.13. The predicted octanol–water partition coefficient (Wildman–Crippen LogP) is 2.21. The fourth-order valence-electron chi connectivity index (χ4n) is 1.71. The lowest BCUT2D eigenvalue weighted by Crippen LogP contribution is -2.31. The average Bonchev–Trinajstić information content (AvgIpc) is 2.26. The van der Waals surface area contributed by atoms with Crippen molar-refractivity contribution in [2.45, 2.75) is 32.9 Å². The van der Waals surface area contributed by atoms with Crippen LogP contribution in [-0.2, 0) is 9.53 Å². The molecule has 0 saturated heterocycles. The number of carbonyl (C=O) groups excluding carboxylic acids is 1. The summed E-state index contributed by atoms with van der Waals surface area (Å²) >= 11 is 0. The summed E-state index contributed by atoms with van der Waals surface area (Å²) in [6.45, 7) is 6.00. The summed E-state index contributed by atoms with van der Waals surface area (Å²) in [5.74, 6) is -0.205. The van der Waals surface area contributed by atoms with Gasteiger partial charge in [-0.15, -0.1) is 0 Å². The second-order valence-corrected chi connectivity index (χ2v) is 4.80. The Kier molecular flexibility index (Phi) is 5.16. The summed E-state index contributed by atoms with van der Waals surface area (Å²) in [5.41, 5.74) is 7.58. The normalized spacial score (nSPS) is 12.8. The number of benzene rings is 1. The van der Waals surface area contributed by atoms with E-state index < -0.39 is 0 Å². The molecular formula is C14H22N2O2. The molecule has 0 aliphatic heterocycles. The van der Waals surface area contributed by atoms with Crippen molar-refractivity contribution >= 4 is 11.7 Å². The zero-order valence-electron chi connectivity index (χ0n) is 11.5. The molecule has 0 fully saturated rings. The Hall–Kier alpha value is -1.55. The highest BCUT2D eigenvalue weighted by Gasteiger charge is 2.16. The van der Waals surface area contributed by atoms with E-state index in [4.69, 9.17) is 10.5 Å². The van der Waals surface area contributed by atoms with Crippen LogP contribution in [0.15, 0.2) is 24.3 Å². The summed E-state index contributed by atoms with van der Waals surface area (Å²) in [7, 11) is 1.90. The van der Waals surface area contributed by atoms with Crippen molar-refractivity contribution in [1.82, 2.24) is 4.90 Å². The number of rotatable bonds is 5. The van der Waals surface area contributed by atoms with Crippen molar-refractivity contribution in [3.8, 4) is 0 Å². The van der Waals surface area contributed by atoms with E-state index in [2.05, 4.69) is 0 Å². The zero-order chi connectivity index (χ0) is 13.7. The number of nitrogens with two attached hydrogens (primary N) is 1. The molecule has 1 aromatic rings. The lowest BCUT2D eigenvalue weighted by molar-refractivity contribution is -0.148. The quantitative estimate of drug-likeness (QED) is 0.643. The molecule has 18 heavy (non-hydrogen) atoms. The van der Waals surface area contributed by atoms with Crippen LogP contribution in [0.3, 0.4) is 0 Å². The van der Waals surface area contributed by atoms with Gasteiger partial charge in [0.1, 0.15) is 0 Å². The number of carbonyl (C=O) groups is 1. The smallest absolute Gasteiger partial charge is 0.320 e. The fraction of sp³-hybridized carbons (Fsp3) is 0.500. The predicted molar refractivity (Wildman–Crippen MR) is 73.1 cm³/mol. The first-order chi connectivity index (χ1) is 8.40. The van der Waals surface area contributed by atoms with Gasteiger partial charge in [-0.1, -0.05) is 12.1 Å². The molecule has 4 nitrogen and oxygen atoms in total. The van der Waals surface area contributed by atoms with Gasteiger partial charge >= 0.3 is 5.97 Å². The number of likely N-dealkylation sites (N-methyl/N-ethyl adjacent to an activating group) is 1. The third-order valence-electron chi connectivity index (χ3n) is 2.80. The maximum Gasteiger partial charge on any atom is 0.320 e. The number of nitrogen functional groups attached to an aromatic ring is 1. The minimum absolute atomic E-state index is 0.0754. The lowest BCUT2D eigenvalue weighted by Gasteiger charge is -2.24.